The fraction of sp³-hybridized carbons (Fsp3) is 0.579. The van der Waals surface area contributed by atoms with Crippen molar-refractivity contribution in [2.75, 3.05) is 31.6 Å². The van der Waals surface area contributed by atoms with Crippen LogP contribution in [0, 0.1) is 0 Å². The number of urea groups is 1. The van der Waals surface area contributed by atoms with Gasteiger partial charge >= 0.3 is 6.03 Å². The van der Waals surface area contributed by atoms with E-state index in [4.69, 9.17) is 4.74 Å². The quantitative estimate of drug-likeness (QED) is 0.585. The number of imide groups is 1. The summed E-state index contributed by atoms with van der Waals surface area (Å²) in [6, 6.07) is 3.38. The lowest BCUT2D eigenvalue weighted by atomic mass is 10.2. The molecule has 162 valence electrons. The maximum atomic E-state index is 13.2. The van der Waals surface area contributed by atoms with Gasteiger partial charge < -0.3 is 15.4 Å². The van der Waals surface area contributed by atoms with Gasteiger partial charge in [0.15, 0.2) is 0 Å². The average molecular weight is 427 g/mol. The minimum atomic E-state index is -3.72. The Morgan fingerprint density at radius 3 is 2.48 bits per heavy atom. The number of piperidine rings is 1. The van der Waals surface area contributed by atoms with Gasteiger partial charge in [0.05, 0.1) is 6.61 Å². The summed E-state index contributed by atoms with van der Waals surface area (Å²) in [5, 5.41) is 7.65. The molecule has 1 fully saturated rings. The van der Waals surface area contributed by atoms with Gasteiger partial charge in [0.1, 0.15) is 16.7 Å². The molecule has 0 bridgehead atoms. The number of carbonyl (C=O) groups is 2. The van der Waals surface area contributed by atoms with E-state index in [2.05, 4.69) is 16.0 Å². The first kappa shape index (κ1) is 23.0. The Morgan fingerprint density at radius 2 is 1.86 bits per heavy atom. The minimum Gasteiger partial charge on any atom is -0.492 e. The standard InChI is InChI=1S/C19H30N4O5S/c1-4-20-19(25)22-18(24)14(3)21-15-9-10-16(28-5-2)17(13-15)29(26,27)23-11-7-6-8-12-23/h9-10,13-14,21H,4-8,11-12H2,1-3H3,(H2,20,22,24,25)/t14-/m0/s1. The Balaban J connectivity index is 2.23. The normalized spacial score (nSPS) is 16.0. The second kappa shape index (κ2) is 10.4. The smallest absolute Gasteiger partial charge is 0.321 e. The van der Waals surface area contributed by atoms with E-state index in [0.29, 0.717) is 31.9 Å². The first-order valence-electron chi connectivity index (χ1n) is 9.91. The van der Waals surface area contributed by atoms with Crippen LogP contribution in [0.5, 0.6) is 5.75 Å². The summed E-state index contributed by atoms with van der Waals surface area (Å²) < 4.78 is 33.3. The third-order valence-electron chi connectivity index (χ3n) is 4.53. The zero-order chi connectivity index (χ0) is 21.4. The van der Waals surface area contributed by atoms with Crippen molar-refractivity contribution in [1.29, 1.82) is 0 Å². The van der Waals surface area contributed by atoms with Crippen molar-refractivity contribution in [1.82, 2.24) is 14.9 Å². The molecule has 3 amide bonds. The maximum absolute atomic E-state index is 13.2. The zero-order valence-electron chi connectivity index (χ0n) is 17.2. The average Bonchev–Trinajstić information content (AvgIpc) is 2.70. The molecule has 0 spiro atoms. The van der Waals surface area contributed by atoms with Crippen LogP contribution in [0.1, 0.15) is 40.0 Å². The molecular formula is C19H30N4O5S. The number of hydrogen-bond acceptors (Lipinski definition) is 6. The van der Waals surface area contributed by atoms with E-state index in [9.17, 15) is 18.0 Å². The Morgan fingerprint density at radius 1 is 1.17 bits per heavy atom. The lowest BCUT2D eigenvalue weighted by Crippen LogP contribution is -2.45. The number of ether oxygens (including phenoxy) is 1. The van der Waals surface area contributed by atoms with Gasteiger partial charge in [-0.2, -0.15) is 4.31 Å². The molecule has 1 heterocycles. The van der Waals surface area contributed by atoms with E-state index in [1.165, 1.54) is 10.4 Å². The Bertz CT molecular complexity index is 822. The van der Waals surface area contributed by atoms with Crippen molar-refractivity contribution in [2.24, 2.45) is 0 Å². The van der Waals surface area contributed by atoms with E-state index in [1.54, 1.807) is 32.9 Å². The van der Waals surface area contributed by atoms with Crippen molar-refractivity contribution in [2.45, 2.75) is 51.0 Å². The van der Waals surface area contributed by atoms with Crippen LogP contribution >= 0.6 is 0 Å². The molecule has 9 nitrogen and oxygen atoms in total. The Kier molecular flexibility index (Phi) is 8.27. The molecule has 1 saturated heterocycles. The SMILES string of the molecule is CCNC(=O)NC(=O)[C@H](C)Nc1ccc(OCC)c(S(=O)(=O)N2CCCCC2)c1. The first-order valence-corrected chi connectivity index (χ1v) is 11.4. The highest BCUT2D eigenvalue weighted by atomic mass is 32.2. The van der Waals surface area contributed by atoms with Crippen molar-refractivity contribution in [3.63, 3.8) is 0 Å². The number of amides is 3. The molecule has 29 heavy (non-hydrogen) atoms. The minimum absolute atomic E-state index is 0.0718. The maximum Gasteiger partial charge on any atom is 0.321 e. The number of benzene rings is 1. The molecular weight excluding hydrogens is 396 g/mol. The summed E-state index contributed by atoms with van der Waals surface area (Å²) in [6.07, 6.45) is 2.68. The van der Waals surface area contributed by atoms with Crippen LogP contribution in [0.15, 0.2) is 23.1 Å². The number of anilines is 1. The van der Waals surface area contributed by atoms with Crippen molar-refractivity contribution < 1.29 is 22.7 Å². The van der Waals surface area contributed by atoms with Gasteiger partial charge in [0.2, 0.25) is 15.9 Å². The first-order chi connectivity index (χ1) is 13.8. The van der Waals surface area contributed by atoms with Crippen LogP contribution < -0.4 is 20.7 Å². The molecule has 10 heteroatoms. The second-order valence-electron chi connectivity index (χ2n) is 6.77. The van der Waals surface area contributed by atoms with Crippen LogP contribution in [0.4, 0.5) is 10.5 Å². The van der Waals surface area contributed by atoms with E-state index in [1.807, 2.05) is 0 Å². The van der Waals surface area contributed by atoms with Gasteiger partial charge in [0.25, 0.3) is 0 Å². The summed E-state index contributed by atoms with van der Waals surface area (Å²) in [7, 11) is -3.72. The number of rotatable bonds is 8. The Labute approximate surface area is 172 Å². The van der Waals surface area contributed by atoms with Crippen LogP contribution in [-0.4, -0.2) is 56.9 Å². The Hall–Kier alpha value is -2.33. The van der Waals surface area contributed by atoms with Crippen LogP contribution in [0.25, 0.3) is 0 Å². The van der Waals surface area contributed by atoms with Gasteiger partial charge in [-0.25, -0.2) is 13.2 Å². The van der Waals surface area contributed by atoms with Gasteiger partial charge in [-0.1, -0.05) is 6.42 Å². The molecule has 0 radical (unpaired) electrons. The molecule has 1 atom stereocenters. The lowest BCUT2D eigenvalue weighted by Gasteiger charge is -2.27. The van der Waals surface area contributed by atoms with Crippen molar-refractivity contribution in [3.8, 4) is 5.75 Å². The van der Waals surface area contributed by atoms with Crippen molar-refractivity contribution in [3.05, 3.63) is 18.2 Å². The fourth-order valence-electron chi connectivity index (χ4n) is 3.06. The number of hydrogen-bond donors (Lipinski definition) is 3. The van der Waals surface area contributed by atoms with Crippen LogP contribution in [0.2, 0.25) is 0 Å². The molecule has 2 rings (SSSR count). The molecule has 0 aliphatic carbocycles. The molecule has 0 unspecified atom stereocenters. The van der Waals surface area contributed by atoms with Gasteiger partial charge in [0, 0.05) is 25.3 Å². The lowest BCUT2D eigenvalue weighted by molar-refractivity contribution is -0.120. The summed E-state index contributed by atoms with van der Waals surface area (Å²) >= 11 is 0. The molecule has 1 aliphatic heterocycles. The highest BCUT2D eigenvalue weighted by Crippen LogP contribution is 2.31. The fourth-order valence-corrected chi connectivity index (χ4v) is 4.73. The highest BCUT2D eigenvalue weighted by Gasteiger charge is 2.29. The van der Waals surface area contributed by atoms with Gasteiger partial charge in [-0.15, -0.1) is 0 Å². The summed E-state index contributed by atoms with van der Waals surface area (Å²) in [6.45, 7) is 6.82. The summed E-state index contributed by atoms with van der Waals surface area (Å²) in [5.41, 5.74) is 0.447. The van der Waals surface area contributed by atoms with E-state index in [-0.39, 0.29) is 10.6 Å². The molecule has 0 saturated carbocycles. The molecule has 1 aliphatic rings. The topological polar surface area (TPSA) is 117 Å². The van der Waals surface area contributed by atoms with E-state index >= 15 is 0 Å². The van der Waals surface area contributed by atoms with Crippen molar-refractivity contribution >= 4 is 27.6 Å². The molecule has 1 aromatic carbocycles. The predicted molar refractivity (Wildman–Crippen MR) is 111 cm³/mol. The summed E-state index contributed by atoms with van der Waals surface area (Å²) in [5.74, 6) is -0.242. The third-order valence-corrected chi connectivity index (χ3v) is 6.45. The van der Waals surface area contributed by atoms with E-state index < -0.39 is 28.0 Å². The monoisotopic (exact) mass is 426 g/mol. The summed E-state index contributed by atoms with van der Waals surface area (Å²) in [4.78, 5) is 23.7. The highest BCUT2D eigenvalue weighted by molar-refractivity contribution is 7.89. The van der Waals surface area contributed by atoms with Crippen LogP contribution in [0.3, 0.4) is 0 Å². The van der Waals surface area contributed by atoms with Gasteiger partial charge in [-0.05, 0) is 51.8 Å². The third kappa shape index (κ3) is 6.07. The molecule has 1 aromatic rings. The zero-order valence-corrected chi connectivity index (χ0v) is 18.0. The molecule has 0 aromatic heterocycles. The van der Waals surface area contributed by atoms with Crippen LogP contribution in [-0.2, 0) is 14.8 Å². The predicted octanol–water partition coefficient (Wildman–Crippen LogP) is 1.91. The number of carbonyl (C=O) groups excluding carboxylic acids is 2. The van der Waals surface area contributed by atoms with E-state index in [0.717, 1.165) is 19.3 Å². The number of sulfonamides is 1. The number of nitrogens with zero attached hydrogens (tertiary/aromatic N) is 1. The second-order valence-corrected chi connectivity index (χ2v) is 8.68. The molecule has 3 N–H and O–H groups in total. The largest absolute Gasteiger partial charge is 0.492 e. The van der Waals surface area contributed by atoms with Gasteiger partial charge in [-0.3, -0.25) is 10.1 Å². The number of nitrogens with one attached hydrogen (secondary N) is 3.